The number of hydrazine groups is 1. The third kappa shape index (κ3) is 3.40. The first-order chi connectivity index (χ1) is 10.7. The molecule has 2 N–H and O–H groups in total. The molecular weight excluding hydrogens is 278 g/mol. The highest BCUT2D eigenvalue weighted by Crippen LogP contribution is 2.22. The normalized spacial score (nSPS) is 10.5. The molecule has 6 nitrogen and oxygen atoms in total. The van der Waals surface area contributed by atoms with Crippen LogP contribution in [0.2, 0.25) is 0 Å². The SMILES string of the molecule is C=CCNNc1nc(-c2ccccc2CC)n(CC)c(=O)n1. The van der Waals surface area contributed by atoms with Crippen LogP contribution in [0.25, 0.3) is 11.4 Å². The lowest BCUT2D eigenvalue weighted by Crippen LogP contribution is -2.30. The zero-order valence-electron chi connectivity index (χ0n) is 13.0. The molecule has 0 aliphatic heterocycles. The molecule has 0 bridgehead atoms. The van der Waals surface area contributed by atoms with Gasteiger partial charge in [-0.2, -0.15) is 9.97 Å². The molecular formula is C16H21N5O. The van der Waals surface area contributed by atoms with Gasteiger partial charge in [0, 0.05) is 18.7 Å². The third-order valence-electron chi connectivity index (χ3n) is 3.30. The van der Waals surface area contributed by atoms with Gasteiger partial charge in [-0.1, -0.05) is 37.3 Å². The molecule has 0 fully saturated rings. The highest BCUT2D eigenvalue weighted by Gasteiger charge is 2.13. The quantitative estimate of drug-likeness (QED) is 0.465. The van der Waals surface area contributed by atoms with E-state index >= 15 is 0 Å². The largest absolute Gasteiger partial charge is 0.352 e. The van der Waals surface area contributed by atoms with Gasteiger partial charge < -0.3 is 0 Å². The van der Waals surface area contributed by atoms with Crippen molar-refractivity contribution >= 4 is 5.95 Å². The van der Waals surface area contributed by atoms with Gasteiger partial charge in [-0.3, -0.25) is 9.99 Å². The molecule has 1 heterocycles. The summed E-state index contributed by atoms with van der Waals surface area (Å²) >= 11 is 0. The number of hydrogen-bond donors (Lipinski definition) is 2. The van der Waals surface area contributed by atoms with Crippen LogP contribution in [0.3, 0.4) is 0 Å². The van der Waals surface area contributed by atoms with E-state index in [0.717, 1.165) is 17.5 Å². The monoisotopic (exact) mass is 299 g/mol. The van der Waals surface area contributed by atoms with Crippen LogP contribution >= 0.6 is 0 Å². The summed E-state index contributed by atoms with van der Waals surface area (Å²) in [5.41, 5.74) is 7.50. The van der Waals surface area contributed by atoms with Crippen LogP contribution in [0, 0.1) is 0 Å². The maximum atomic E-state index is 12.2. The van der Waals surface area contributed by atoms with Crippen LogP contribution in [0.4, 0.5) is 5.95 Å². The van der Waals surface area contributed by atoms with Gasteiger partial charge in [-0.15, -0.1) is 6.58 Å². The highest BCUT2D eigenvalue weighted by atomic mass is 16.1. The minimum Gasteiger partial charge on any atom is -0.289 e. The number of aromatic nitrogens is 3. The molecule has 0 aliphatic carbocycles. The van der Waals surface area contributed by atoms with E-state index in [2.05, 4.69) is 34.3 Å². The molecule has 116 valence electrons. The van der Waals surface area contributed by atoms with E-state index in [-0.39, 0.29) is 11.6 Å². The molecule has 0 atom stereocenters. The molecule has 0 radical (unpaired) electrons. The number of anilines is 1. The summed E-state index contributed by atoms with van der Waals surface area (Å²) in [7, 11) is 0. The third-order valence-corrected chi connectivity index (χ3v) is 3.30. The average Bonchev–Trinajstić information content (AvgIpc) is 2.54. The van der Waals surface area contributed by atoms with Gasteiger partial charge in [0.25, 0.3) is 0 Å². The fourth-order valence-corrected chi connectivity index (χ4v) is 2.22. The van der Waals surface area contributed by atoms with E-state index in [1.165, 1.54) is 0 Å². The van der Waals surface area contributed by atoms with E-state index in [1.807, 2.05) is 31.2 Å². The van der Waals surface area contributed by atoms with Crippen molar-refractivity contribution in [3.8, 4) is 11.4 Å². The topological polar surface area (TPSA) is 71.8 Å². The van der Waals surface area contributed by atoms with Gasteiger partial charge in [0.2, 0.25) is 5.95 Å². The summed E-state index contributed by atoms with van der Waals surface area (Å²) in [6.45, 7) is 8.67. The Morgan fingerprint density at radius 2 is 2.05 bits per heavy atom. The second kappa shape index (κ2) is 7.51. The Morgan fingerprint density at radius 3 is 2.73 bits per heavy atom. The van der Waals surface area contributed by atoms with Crippen LogP contribution in [-0.2, 0) is 13.0 Å². The molecule has 0 saturated heterocycles. The summed E-state index contributed by atoms with van der Waals surface area (Å²) in [5, 5.41) is 0. The summed E-state index contributed by atoms with van der Waals surface area (Å²) in [4.78, 5) is 20.7. The van der Waals surface area contributed by atoms with Crippen LogP contribution in [0.5, 0.6) is 0 Å². The molecule has 0 amide bonds. The number of benzene rings is 1. The predicted molar refractivity (Wildman–Crippen MR) is 88.6 cm³/mol. The lowest BCUT2D eigenvalue weighted by molar-refractivity contribution is 0.682. The van der Waals surface area contributed by atoms with Crippen LogP contribution in [0.15, 0.2) is 41.7 Å². The minimum atomic E-state index is -0.318. The number of hydrogen-bond acceptors (Lipinski definition) is 5. The van der Waals surface area contributed by atoms with Gasteiger partial charge in [-0.25, -0.2) is 10.2 Å². The van der Waals surface area contributed by atoms with Crippen molar-refractivity contribution in [3.05, 3.63) is 53.0 Å². The molecule has 2 aromatic rings. The maximum Gasteiger partial charge on any atom is 0.352 e. The second-order valence-electron chi connectivity index (χ2n) is 4.70. The van der Waals surface area contributed by atoms with Crippen LogP contribution in [-0.4, -0.2) is 21.1 Å². The number of aryl methyl sites for hydroxylation is 1. The smallest absolute Gasteiger partial charge is 0.289 e. The summed E-state index contributed by atoms with van der Waals surface area (Å²) in [6.07, 6.45) is 2.57. The van der Waals surface area contributed by atoms with Gasteiger partial charge in [0.15, 0.2) is 0 Å². The first-order valence-corrected chi connectivity index (χ1v) is 7.38. The Labute approximate surface area is 129 Å². The van der Waals surface area contributed by atoms with Crippen molar-refractivity contribution in [2.24, 2.45) is 0 Å². The molecule has 1 aromatic carbocycles. The predicted octanol–water partition coefficient (Wildman–Crippen LogP) is 1.99. The Bertz CT molecular complexity index is 708. The van der Waals surface area contributed by atoms with Crippen LogP contribution < -0.4 is 16.5 Å². The Hall–Kier alpha value is -2.47. The minimum absolute atomic E-state index is 0.262. The van der Waals surface area contributed by atoms with Gasteiger partial charge in [-0.05, 0) is 18.9 Å². The number of rotatable bonds is 7. The van der Waals surface area contributed by atoms with Gasteiger partial charge in [0.1, 0.15) is 5.82 Å². The van der Waals surface area contributed by atoms with E-state index < -0.39 is 0 Å². The Kier molecular flexibility index (Phi) is 5.43. The summed E-state index contributed by atoms with van der Waals surface area (Å²) in [5.74, 6) is 0.889. The molecule has 1 aromatic heterocycles. The Balaban J connectivity index is 2.52. The zero-order valence-corrected chi connectivity index (χ0v) is 13.0. The molecule has 0 unspecified atom stereocenters. The van der Waals surface area contributed by atoms with Crippen LogP contribution in [0.1, 0.15) is 19.4 Å². The molecule has 0 spiro atoms. The first-order valence-electron chi connectivity index (χ1n) is 7.38. The van der Waals surface area contributed by atoms with E-state index in [4.69, 9.17) is 0 Å². The lowest BCUT2D eigenvalue weighted by Gasteiger charge is -2.14. The van der Waals surface area contributed by atoms with Crippen molar-refractivity contribution in [2.45, 2.75) is 26.8 Å². The standard InChI is InChI=1S/C16H21N5O/c1-4-11-17-20-15-18-14(21(6-3)16(22)19-15)13-10-8-7-9-12(13)5-2/h4,7-10,17H,1,5-6,11H2,2-3H3,(H,19,20,22). The summed E-state index contributed by atoms with van der Waals surface area (Å²) < 4.78 is 1.58. The second-order valence-corrected chi connectivity index (χ2v) is 4.70. The zero-order chi connectivity index (χ0) is 15.9. The Morgan fingerprint density at radius 1 is 1.27 bits per heavy atom. The fraction of sp³-hybridized carbons (Fsp3) is 0.312. The maximum absolute atomic E-state index is 12.2. The van der Waals surface area contributed by atoms with Crippen molar-refractivity contribution < 1.29 is 0 Å². The van der Waals surface area contributed by atoms with Crippen molar-refractivity contribution in [1.29, 1.82) is 0 Å². The van der Waals surface area contributed by atoms with Crippen molar-refractivity contribution in [2.75, 3.05) is 12.0 Å². The van der Waals surface area contributed by atoms with Crippen molar-refractivity contribution in [3.63, 3.8) is 0 Å². The summed E-state index contributed by atoms with van der Waals surface area (Å²) in [6, 6.07) is 7.96. The van der Waals surface area contributed by atoms with E-state index in [0.29, 0.717) is 18.9 Å². The van der Waals surface area contributed by atoms with Crippen molar-refractivity contribution in [1.82, 2.24) is 20.0 Å². The fourth-order valence-electron chi connectivity index (χ4n) is 2.22. The number of nitrogens with one attached hydrogen (secondary N) is 2. The molecule has 0 saturated carbocycles. The first kappa shape index (κ1) is 15.9. The molecule has 2 rings (SSSR count). The average molecular weight is 299 g/mol. The molecule has 22 heavy (non-hydrogen) atoms. The van der Waals surface area contributed by atoms with Gasteiger partial charge >= 0.3 is 5.69 Å². The van der Waals surface area contributed by atoms with Gasteiger partial charge in [0.05, 0.1) is 0 Å². The highest BCUT2D eigenvalue weighted by molar-refractivity contribution is 5.61. The molecule has 6 heteroatoms. The lowest BCUT2D eigenvalue weighted by atomic mass is 10.0. The molecule has 0 aliphatic rings. The number of nitrogens with zero attached hydrogens (tertiary/aromatic N) is 3. The van der Waals surface area contributed by atoms with E-state index in [1.54, 1.807) is 10.6 Å². The van der Waals surface area contributed by atoms with E-state index in [9.17, 15) is 4.79 Å².